The van der Waals surface area contributed by atoms with Gasteiger partial charge < -0.3 is 15.5 Å². The van der Waals surface area contributed by atoms with Gasteiger partial charge in [0.1, 0.15) is 17.6 Å². The van der Waals surface area contributed by atoms with Gasteiger partial charge in [0.05, 0.1) is 5.92 Å². The minimum Gasteiger partial charge on any atom is -0.356 e. The van der Waals surface area contributed by atoms with Crippen LogP contribution in [-0.4, -0.2) is 46.0 Å². The van der Waals surface area contributed by atoms with Crippen LogP contribution in [0.25, 0.3) is 10.3 Å². The lowest BCUT2D eigenvalue weighted by molar-refractivity contribution is -0.125. The number of benzene rings is 1. The van der Waals surface area contributed by atoms with E-state index in [1.54, 1.807) is 0 Å². The summed E-state index contributed by atoms with van der Waals surface area (Å²) in [7, 11) is 0. The van der Waals surface area contributed by atoms with Crippen LogP contribution in [0.2, 0.25) is 0 Å². The number of hydrogen-bond acceptors (Lipinski definition) is 7. The van der Waals surface area contributed by atoms with Crippen molar-refractivity contribution in [1.29, 1.82) is 0 Å². The number of rotatable bonds is 8. The molecule has 9 nitrogen and oxygen atoms in total. The molecule has 3 aromatic rings. The van der Waals surface area contributed by atoms with Gasteiger partial charge in [-0.25, -0.2) is 4.98 Å². The van der Waals surface area contributed by atoms with Crippen molar-refractivity contribution in [2.75, 3.05) is 29.9 Å². The number of piperidine rings is 1. The van der Waals surface area contributed by atoms with E-state index in [0.717, 1.165) is 25.8 Å². The van der Waals surface area contributed by atoms with Crippen molar-refractivity contribution in [3.05, 3.63) is 46.5 Å². The highest BCUT2D eigenvalue weighted by molar-refractivity contribution is 7.22. The molecule has 0 bridgehead atoms. The van der Waals surface area contributed by atoms with Crippen molar-refractivity contribution >= 4 is 44.3 Å². The molecule has 1 aromatic carbocycles. The van der Waals surface area contributed by atoms with E-state index in [1.165, 1.54) is 27.8 Å². The van der Waals surface area contributed by atoms with Crippen LogP contribution >= 0.6 is 11.3 Å². The summed E-state index contributed by atoms with van der Waals surface area (Å²) in [6.07, 6.45) is 4.00. The third-order valence-corrected chi connectivity index (χ3v) is 7.25. The van der Waals surface area contributed by atoms with Crippen LogP contribution < -0.4 is 21.1 Å². The molecule has 1 fully saturated rings. The molecule has 1 saturated heterocycles. The monoisotopic (exact) mass is 496 g/mol. The Morgan fingerprint density at radius 2 is 2.00 bits per heavy atom. The quantitative estimate of drug-likeness (QED) is 0.495. The maximum absolute atomic E-state index is 13.1. The molecular weight excluding hydrogens is 464 g/mol. The average molecular weight is 497 g/mol. The van der Waals surface area contributed by atoms with Crippen molar-refractivity contribution in [1.82, 2.24) is 19.9 Å². The minimum atomic E-state index is -0.299. The first-order valence-electron chi connectivity index (χ1n) is 12.1. The summed E-state index contributed by atoms with van der Waals surface area (Å²) in [6, 6.07) is 7.69. The van der Waals surface area contributed by atoms with Gasteiger partial charge in [-0.05, 0) is 42.9 Å². The van der Waals surface area contributed by atoms with Gasteiger partial charge in [-0.2, -0.15) is 4.98 Å². The normalized spacial score (nSPS) is 16.0. The zero-order valence-electron chi connectivity index (χ0n) is 20.4. The topological polar surface area (TPSA) is 109 Å². The van der Waals surface area contributed by atoms with Gasteiger partial charge in [-0.3, -0.25) is 19.0 Å². The van der Waals surface area contributed by atoms with Gasteiger partial charge >= 0.3 is 0 Å². The third kappa shape index (κ3) is 5.87. The molecular formula is C25H32N6O3S. The van der Waals surface area contributed by atoms with E-state index in [0.29, 0.717) is 40.2 Å². The van der Waals surface area contributed by atoms with E-state index in [9.17, 15) is 14.4 Å². The number of fused-ring (bicyclic) bond motifs is 1. The number of hydrogen-bond donors (Lipinski definition) is 2. The maximum Gasteiger partial charge on any atom is 0.273 e. The fourth-order valence-electron chi connectivity index (χ4n) is 4.15. The molecule has 0 saturated carbocycles. The number of anilines is 2. The fraction of sp³-hybridized carbons (Fsp3) is 0.480. The molecule has 10 heteroatoms. The fourth-order valence-corrected chi connectivity index (χ4v) is 5.15. The van der Waals surface area contributed by atoms with Crippen molar-refractivity contribution in [3.8, 4) is 0 Å². The van der Waals surface area contributed by atoms with Crippen LogP contribution in [0.4, 0.5) is 10.8 Å². The van der Waals surface area contributed by atoms with Crippen LogP contribution in [0, 0.1) is 5.92 Å². The molecule has 0 aliphatic carbocycles. The van der Waals surface area contributed by atoms with Gasteiger partial charge in [-0.1, -0.05) is 44.2 Å². The summed E-state index contributed by atoms with van der Waals surface area (Å²) < 4.78 is 1.72. The summed E-state index contributed by atoms with van der Waals surface area (Å²) in [5.41, 5.74) is 1.95. The molecule has 0 radical (unpaired) electrons. The van der Waals surface area contributed by atoms with Gasteiger partial charge in [0.15, 0.2) is 10.8 Å². The van der Waals surface area contributed by atoms with Crippen LogP contribution in [0.3, 0.4) is 0 Å². The lowest BCUT2D eigenvalue weighted by Crippen LogP contribution is -2.43. The number of nitrogens with one attached hydrogen (secondary N) is 2. The van der Waals surface area contributed by atoms with Crippen LogP contribution in [-0.2, 0) is 16.1 Å². The summed E-state index contributed by atoms with van der Waals surface area (Å²) in [6.45, 7) is 8.15. The maximum atomic E-state index is 13.1. The summed E-state index contributed by atoms with van der Waals surface area (Å²) in [5, 5.41) is 6.49. The number of carbonyl (C=O) groups is 2. The zero-order valence-corrected chi connectivity index (χ0v) is 21.2. The van der Waals surface area contributed by atoms with E-state index < -0.39 is 0 Å². The van der Waals surface area contributed by atoms with Crippen molar-refractivity contribution in [3.63, 3.8) is 0 Å². The summed E-state index contributed by atoms with van der Waals surface area (Å²) >= 11 is 1.27. The van der Waals surface area contributed by atoms with Gasteiger partial charge in [0.2, 0.25) is 11.8 Å². The van der Waals surface area contributed by atoms with Crippen molar-refractivity contribution in [2.45, 2.75) is 52.5 Å². The van der Waals surface area contributed by atoms with Gasteiger partial charge in [-0.15, -0.1) is 0 Å². The molecule has 3 heterocycles. The first-order chi connectivity index (χ1) is 16.9. The number of amides is 2. The molecule has 2 amide bonds. The molecule has 0 spiro atoms. The van der Waals surface area contributed by atoms with E-state index in [-0.39, 0.29) is 29.8 Å². The third-order valence-electron chi connectivity index (χ3n) is 6.16. The Hall–Kier alpha value is -3.27. The second kappa shape index (κ2) is 11.0. The molecule has 35 heavy (non-hydrogen) atoms. The Kier molecular flexibility index (Phi) is 7.80. The molecule has 1 atom stereocenters. The number of nitrogens with zero attached hydrogens (tertiary/aromatic N) is 4. The van der Waals surface area contributed by atoms with E-state index in [1.807, 2.05) is 31.2 Å². The molecule has 0 unspecified atom stereocenters. The molecule has 2 N–H and O–H groups in total. The first-order valence-corrected chi connectivity index (χ1v) is 13.0. The molecule has 1 aliphatic heterocycles. The summed E-state index contributed by atoms with van der Waals surface area (Å²) in [4.78, 5) is 49.0. The van der Waals surface area contributed by atoms with Gasteiger partial charge in [0, 0.05) is 25.3 Å². The SMILES string of the molecule is CCCNC(=O)[C@@H]1CCCN(c2nc3ncn(CC(=O)Nc4ccc(C(C)C)cc4)c(=O)c3s2)C1. The molecule has 2 aromatic heterocycles. The van der Waals surface area contributed by atoms with E-state index in [2.05, 4.69) is 39.3 Å². The summed E-state index contributed by atoms with van der Waals surface area (Å²) in [5.74, 6) is 0.0925. The Morgan fingerprint density at radius 1 is 1.23 bits per heavy atom. The highest BCUT2D eigenvalue weighted by Gasteiger charge is 2.27. The standard InChI is InChI=1S/C25H32N6O3S/c1-4-11-26-23(33)18-6-5-12-30(13-18)25-29-22-21(35-25)24(34)31(15-27-22)14-20(32)28-19-9-7-17(8-10-19)16(2)3/h7-10,15-16,18H,4-6,11-14H2,1-3H3,(H,26,33)(H,28,32)/t18-/m1/s1. The smallest absolute Gasteiger partial charge is 0.273 e. The largest absolute Gasteiger partial charge is 0.356 e. The zero-order chi connectivity index (χ0) is 24.9. The number of aromatic nitrogens is 3. The van der Waals surface area contributed by atoms with Crippen LogP contribution in [0.1, 0.15) is 51.5 Å². The second-order valence-electron chi connectivity index (χ2n) is 9.23. The predicted octanol–water partition coefficient (Wildman–Crippen LogP) is 3.36. The van der Waals surface area contributed by atoms with Crippen molar-refractivity contribution < 1.29 is 9.59 Å². The lowest BCUT2D eigenvalue weighted by Gasteiger charge is -2.31. The minimum absolute atomic E-state index is 0.0722. The van der Waals surface area contributed by atoms with E-state index >= 15 is 0 Å². The highest BCUT2D eigenvalue weighted by Crippen LogP contribution is 2.29. The molecule has 186 valence electrons. The first kappa shape index (κ1) is 24.8. The number of carbonyl (C=O) groups excluding carboxylic acids is 2. The second-order valence-corrected chi connectivity index (χ2v) is 10.2. The lowest BCUT2D eigenvalue weighted by atomic mass is 9.97. The van der Waals surface area contributed by atoms with E-state index in [4.69, 9.17) is 0 Å². The van der Waals surface area contributed by atoms with Gasteiger partial charge in [0.25, 0.3) is 5.56 Å². The van der Waals surface area contributed by atoms with Crippen LogP contribution in [0.5, 0.6) is 0 Å². The highest BCUT2D eigenvalue weighted by atomic mass is 32.1. The van der Waals surface area contributed by atoms with Crippen LogP contribution in [0.15, 0.2) is 35.4 Å². The number of thiazole rings is 1. The Labute approximate surface area is 208 Å². The Bertz CT molecular complexity index is 1250. The molecule has 4 rings (SSSR count). The predicted molar refractivity (Wildman–Crippen MR) is 139 cm³/mol. The Balaban J connectivity index is 1.45. The van der Waals surface area contributed by atoms with Crippen molar-refractivity contribution in [2.24, 2.45) is 5.92 Å². The average Bonchev–Trinajstić information content (AvgIpc) is 3.30. The Morgan fingerprint density at radius 3 is 2.71 bits per heavy atom. The molecule has 1 aliphatic rings.